The fourth-order valence-corrected chi connectivity index (χ4v) is 3.01. The van der Waals surface area contributed by atoms with Gasteiger partial charge in [0.2, 0.25) is 5.91 Å². The normalized spacial score (nSPS) is 21.8. The van der Waals surface area contributed by atoms with Crippen molar-refractivity contribution in [3.8, 4) is 0 Å². The summed E-state index contributed by atoms with van der Waals surface area (Å²) >= 11 is 0. The van der Waals surface area contributed by atoms with E-state index in [1.807, 2.05) is 14.1 Å². The van der Waals surface area contributed by atoms with Crippen LogP contribution in [0.4, 0.5) is 5.69 Å². The third kappa shape index (κ3) is 4.47. The summed E-state index contributed by atoms with van der Waals surface area (Å²) in [7, 11) is 4.04. The second-order valence-electron chi connectivity index (χ2n) is 6.53. The maximum Gasteiger partial charge on any atom is 0.220 e. The molecule has 0 aliphatic heterocycles. The monoisotopic (exact) mass is 304 g/mol. The highest BCUT2D eigenvalue weighted by Crippen LogP contribution is 2.31. The van der Waals surface area contributed by atoms with Gasteiger partial charge in [0.15, 0.2) is 0 Å². The zero-order chi connectivity index (χ0) is 16.1. The molecule has 22 heavy (non-hydrogen) atoms. The molecule has 1 unspecified atom stereocenters. The van der Waals surface area contributed by atoms with Gasteiger partial charge in [-0.2, -0.15) is 0 Å². The summed E-state index contributed by atoms with van der Waals surface area (Å²) in [5, 5.41) is 12.5. The topological polar surface area (TPSA) is 52.6 Å². The van der Waals surface area contributed by atoms with Gasteiger partial charge < -0.3 is 15.3 Å². The van der Waals surface area contributed by atoms with Crippen LogP contribution in [-0.4, -0.2) is 37.3 Å². The van der Waals surface area contributed by atoms with Crippen LogP contribution in [0, 0.1) is 5.92 Å². The highest BCUT2D eigenvalue weighted by atomic mass is 16.3. The minimum Gasteiger partial charge on any atom is -0.393 e. The molecule has 1 fully saturated rings. The Morgan fingerprint density at radius 1 is 1.32 bits per heavy atom. The number of aryl methyl sites for hydroxylation is 1. The molecule has 0 bridgehead atoms. The van der Waals surface area contributed by atoms with Crippen LogP contribution in [0.2, 0.25) is 0 Å². The standard InChI is InChI=1S/C18H28N2O2/c1-4-17(14-11-16(21)12-14)19-18(22)10-7-13-5-8-15(9-6-13)20(2)3/h5-6,8-9,14,16-17,21H,4,7,10-12H2,1-3H3,(H,19,22). The first-order valence-electron chi connectivity index (χ1n) is 8.23. The maximum atomic E-state index is 12.1. The number of carbonyl (C=O) groups is 1. The highest BCUT2D eigenvalue weighted by molar-refractivity contribution is 5.76. The van der Waals surface area contributed by atoms with Gasteiger partial charge in [-0.15, -0.1) is 0 Å². The number of benzene rings is 1. The molecule has 1 aliphatic rings. The fourth-order valence-electron chi connectivity index (χ4n) is 3.01. The Bertz CT molecular complexity index is 478. The minimum atomic E-state index is -0.161. The van der Waals surface area contributed by atoms with E-state index < -0.39 is 0 Å². The van der Waals surface area contributed by atoms with Crippen molar-refractivity contribution in [2.45, 2.75) is 51.2 Å². The van der Waals surface area contributed by atoms with Gasteiger partial charge >= 0.3 is 0 Å². The van der Waals surface area contributed by atoms with Gasteiger partial charge in [0.05, 0.1) is 6.10 Å². The number of aliphatic hydroxyl groups excluding tert-OH is 1. The molecule has 0 saturated heterocycles. The van der Waals surface area contributed by atoms with Crippen molar-refractivity contribution in [3.05, 3.63) is 29.8 Å². The third-order valence-corrected chi connectivity index (χ3v) is 4.60. The van der Waals surface area contributed by atoms with Gasteiger partial charge in [-0.25, -0.2) is 0 Å². The Morgan fingerprint density at radius 3 is 2.45 bits per heavy atom. The Balaban J connectivity index is 1.77. The molecule has 122 valence electrons. The second-order valence-corrected chi connectivity index (χ2v) is 6.53. The Hall–Kier alpha value is -1.55. The number of hydrogen-bond donors (Lipinski definition) is 2. The van der Waals surface area contributed by atoms with Crippen LogP contribution in [-0.2, 0) is 11.2 Å². The van der Waals surface area contributed by atoms with E-state index in [9.17, 15) is 9.90 Å². The molecule has 0 radical (unpaired) electrons. The number of carbonyl (C=O) groups excluding carboxylic acids is 1. The zero-order valence-electron chi connectivity index (χ0n) is 13.9. The summed E-state index contributed by atoms with van der Waals surface area (Å²) in [6, 6.07) is 8.55. The van der Waals surface area contributed by atoms with Crippen molar-refractivity contribution in [2.75, 3.05) is 19.0 Å². The van der Waals surface area contributed by atoms with Crippen LogP contribution in [0.5, 0.6) is 0 Å². The van der Waals surface area contributed by atoms with E-state index in [0.717, 1.165) is 25.7 Å². The first-order valence-corrected chi connectivity index (χ1v) is 8.23. The molecular weight excluding hydrogens is 276 g/mol. The Morgan fingerprint density at radius 2 is 1.95 bits per heavy atom. The van der Waals surface area contributed by atoms with Crippen LogP contribution < -0.4 is 10.2 Å². The summed E-state index contributed by atoms with van der Waals surface area (Å²) in [5.74, 6) is 0.563. The van der Waals surface area contributed by atoms with Gasteiger partial charge in [-0.3, -0.25) is 4.79 Å². The molecule has 1 amide bonds. The van der Waals surface area contributed by atoms with Gasteiger partial charge in [0.1, 0.15) is 0 Å². The average Bonchev–Trinajstić information content (AvgIpc) is 2.48. The number of amides is 1. The smallest absolute Gasteiger partial charge is 0.220 e. The van der Waals surface area contributed by atoms with E-state index in [4.69, 9.17) is 0 Å². The number of anilines is 1. The van der Waals surface area contributed by atoms with Gasteiger partial charge in [-0.1, -0.05) is 19.1 Å². The number of nitrogens with zero attached hydrogens (tertiary/aromatic N) is 1. The molecule has 0 heterocycles. The molecule has 2 N–H and O–H groups in total. The highest BCUT2D eigenvalue weighted by Gasteiger charge is 2.33. The lowest BCUT2D eigenvalue weighted by atomic mass is 9.76. The van der Waals surface area contributed by atoms with Crippen LogP contribution in [0.1, 0.15) is 38.2 Å². The van der Waals surface area contributed by atoms with E-state index in [2.05, 4.69) is 41.4 Å². The van der Waals surface area contributed by atoms with E-state index in [-0.39, 0.29) is 18.1 Å². The van der Waals surface area contributed by atoms with Crippen molar-refractivity contribution in [2.24, 2.45) is 5.92 Å². The quantitative estimate of drug-likeness (QED) is 0.813. The van der Waals surface area contributed by atoms with E-state index >= 15 is 0 Å². The van der Waals surface area contributed by atoms with Crippen molar-refractivity contribution in [3.63, 3.8) is 0 Å². The van der Waals surface area contributed by atoms with Crippen LogP contribution >= 0.6 is 0 Å². The molecule has 0 spiro atoms. The first kappa shape index (κ1) is 16.8. The lowest BCUT2D eigenvalue weighted by Gasteiger charge is -2.37. The largest absolute Gasteiger partial charge is 0.393 e. The number of aliphatic hydroxyl groups is 1. The maximum absolute atomic E-state index is 12.1. The summed E-state index contributed by atoms with van der Waals surface area (Å²) in [6.07, 6.45) is 3.71. The summed E-state index contributed by atoms with van der Waals surface area (Å²) < 4.78 is 0. The van der Waals surface area contributed by atoms with Gasteiger partial charge in [0, 0.05) is 32.2 Å². The third-order valence-electron chi connectivity index (χ3n) is 4.60. The van der Waals surface area contributed by atoms with Crippen molar-refractivity contribution in [1.29, 1.82) is 0 Å². The van der Waals surface area contributed by atoms with E-state index in [1.54, 1.807) is 0 Å². The number of rotatable bonds is 7. The SMILES string of the molecule is CCC(NC(=O)CCc1ccc(N(C)C)cc1)C1CC(O)C1. The lowest BCUT2D eigenvalue weighted by Crippen LogP contribution is -2.46. The molecule has 0 aromatic heterocycles. The molecule has 4 heteroatoms. The number of hydrogen-bond acceptors (Lipinski definition) is 3. The fraction of sp³-hybridized carbons (Fsp3) is 0.611. The molecule has 4 nitrogen and oxygen atoms in total. The van der Waals surface area contributed by atoms with Gasteiger partial charge in [-0.05, 0) is 49.3 Å². The first-order chi connectivity index (χ1) is 10.5. The molecule has 1 atom stereocenters. The number of nitrogens with one attached hydrogen (secondary N) is 1. The van der Waals surface area contributed by atoms with Crippen LogP contribution in [0.15, 0.2) is 24.3 Å². The van der Waals surface area contributed by atoms with Gasteiger partial charge in [0.25, 0.3) is 0 Å². The molecular formula is C18H28N2O2. The predicted molar refractivity (Wildman–Crippen MR) is 90.0 cm³/mol. The predicted octanol–water partition coefficient (Wildman–Crippen LogP) is 2.35. The van der Waals surface area contributed by atoms with E-state index in [1.165, 1.54) is 11.3 Å². The van der Waals surface area contributed by atoms with Crippen molar-refractivity contribution >= 4 is 11.6 Å². The zero-order valence-corrected chi connectivity index (χ0v) is 13.9. The second kappa shape index (κ2) is 7.63. The average molecular weight is 304 g/mol. The Kier molecular flexibility index (Phi) is 5.83. The molecule has 1 saturated carbocycles. The summed E-state index contributed by atoms with van der Waals surface area (Å²) in [6.45, 7) is 2.09. The van der Waals surface area contributed by atoms with Crippen molar-refractivity contribution in [1.82, 2.24) is 5.32 Å². The van der Waals surface area contributed by atoms with E-state index in [0.29, 0.717) is 12.3 Å². The minimum absolute atomic E-state index is 0.116. The molecule has 2 rings (SSSR count). The molecule has 1 aromatic carbocycles. The lowest BCUT2D eigenvalue weighted by molar-refractivity contribution is -0.123. The van der Waals surface area contributed by atoms with Crippen molar-refractivity contribution < 1.29 is 9.90 Å². The van der Waals surface area contributed by atoms with Crippen LogP contribution in [0.25, 0.3) is 0 Å². The van der Waals surface area contributed by atoms with Crippen LogP contribution in [0.3, 0.4) is 0 Å². The summed E-state index contributed by atoms with van der Waals surface area (Å²) in [4.78, 5) is 14.2. The molecule has 1 aromatic rings. The molecule has 1 aliphatic carbocycles. The summed E-state index contributed by atoms with van der Waals surface area (Å²) in [5.41, 5.74) is 2.36. The Labute approximate surface area is 133 Å².